The van der Waals surface area contributed by atoms with E-state index in [0.29, 0.717) is 5.92 Å². The molecule has 20 heavy (non-hydrogen) atoms. The van der Waals surface area contributed by atoms with E-state index in [0.717, 1.165) is 23.7 Å². The summed E-state index contributed by atoms with van der Waals surface area (Å²) in [5.41, 5.74) is 0. The molecule has 0 heterocycles. The lowest BCUT2D eigenvalue weighted by molar-refractivity contribution is 0.221. The van der Waals surface area contributed by atoms with Gasteiger partial charge in [0.05, 0.1) is 0 Å². The second-order valence-electron chi connectivity index (χ2n) is 6.42. The molecule has 0 amide bonds. The molecule has 0 rings (SSSR count). The molecule has 0 N–H and O–H groups in total. The van der Waals surface area contributed by atoms with Gasteiger partial charge in [-0.05, 0) is 42.9 Å². The first-order chi connectivity index (χ1) is 9.39. The topological polar surface area (TPSA) is 0 Å². The lowest BCUT2D eigenvalue weighted by Gasteiger charge is -2.30. The molecule has 0 aromatic heterocycles. The predicted octanol–water partition coefficient (Wildman–Crippen LogP) is 6.57. The summed E-state index contributed by atoms with van der Waals surface area (Å²) in [6.45, 7) is 19.7. The van der Waals surface area contributed by atoms with Crippen molar-refractivity contribution in [2.75, 3.05) is 0 Å². The monoisotopic (exact) mass is 278 g/mol. The van der Waals surface area contributed by atoms with E-state index in [2.05, 4.69) is 66.5 Å². The molecule has 0 spiro atoms. The van der Waals surface area contributed by atoms with Crippen LogP contribution in [0.1, 0.15) is 74.1 Å². The second-order valence-corrected chi connectivity index (χ2v) is 6.42. The van der Waals surface area contributed by atoms with E-state index in [1.807, 2.05) is 0 Å². The Balaban J connectivity index is 0. The van der Waals surface area contributed by atoms with Gasteiger partial charge in [0, 0.05) is 0 Å². The van der Waals surface area contributed by atoms with Crippen LogP contribution in [0, 0.1) is 41.9 Å². The van der Waals surface area contributed by atoms with Crippen LogP contribution in [0.15, 0.2) is 12.7 Å². The van der Waals surface area contributed by atoms with Crippen LogP contribution >= 0.6 is 0 Å². The Morgan fingerprint density at radius 2 is 1.55 bits per heavy atom. The van der Waals surface area contributed by atoms with Gasteiger partial charge in [-0.2, -0.15) is 0 Å². The van der Waals surface area contributed by atoms with Crippen LogP contribution in [0.2, 0.25) is 0 Å². The zero-order valence-electron chi connectivity index (χ0n) is 15.1. The fourth-order valence-electron chi connectivity index (χ4n) is 2.84. The van der Waals surface area contributed by atoms with Gasteiger partial charge in [0.1, 0.15) is 0 Å². The van der Waals surface area contributed by atoms with E-state index in [-0.39, 0.29) is 0 Å². The molecule has 4 unspecified atom stereocenters. The second kappa shape index (κ2) is 13.3. The lowest BCUT2D eigenvalue weighted by Crippen LogP contribution is -2.21. The van der Waals surface area contributed by atoms with Crippen LogP contribution in [0.4, 0.5) is 0 Å². The van der Waals surface area contributed by atoms with Crippen LogP contribution < -0.4 is 0 Å². The molecule has 118 valence electrons. The molecule has 0 nitrogen and oxygen atoms in total. The van der Waals surface area contributed by atoms with Crippen molar-refractivity contribution < 1.29 is 0 Å². The van der Waals surface area contributed by atoms with E-state index in [1.54, 1.807) is 6.92 Å². The number of hydrogen-bond acceptors (Lipinski definition) is 0. The third-order valence-electron chi connectivity index (χ3n) is 4.78. The van der Waals surface area contributed by atoms with Crippen molar-refractivity contribution in [3.8, 4) is 12.3 Å². The smallest absolute Gasteiger partial charge is 0.00297 e. The molecule has 0 saturated heterocycles. The number of allylic oxidation sites excluding steroid dienone is 1. The maximum absolute atomic E-state index is 4.60. The summed E-state index contributed by atoms with van der Waals surface area (Å²) in [6, 6.07) is 0. The molecule has 0 aliphatic carbocycles. The zero-order valence-corrected chi connectivity index (χ0v) is 15.1. The van der Waals surface area contributed by atoms with Crippen molar-refractivity contribution in [1.29, 1.82) is 0 Å². The van der Waals surface area contributed by atoms with Gasteiger partial charge in [-0.3, -0.25) is 0 Å². The Labute approximate surface area is 129 Å². The van der Waals surface area contributed by atoms with Crippen LogP contribution in [0.25, 0.3) is 0 Å². The molecule has 0 bridgehead atoms. The van der Waals surface area contributed by atoms with Gasteiger partial charge >= 0.3 is 0 Å². The third kappa shape index (κ3) is 9.24. The molecular formula is C20H38. The van der Waals surface area contributed by atoms with Gasteiger partial charge in [-0.1, -0.05) is 66.9 Å². The molecule has 0 aliphatic rings. The molecule has 0 heteroatoms. The summed E-state index contributed by atoms with van der Waals surface area (Å²) in [4.78, 5) is 0. The van der Waals surface area contributed by atoms with Crippen molar-refractivity contribution in [2.24, 2.45) is 29.6 Å². The largest absolute Gasteiger partial charge is 0.120 e. The molecule has 0 aromatic carbocycles. The first-order valence-electron chi connectivity index (χ1n) is 8.39. The SMILES string of the molecule is C#CC.C=CC(C)C(CC)C(CC)CCC(C)C(C)C. The summed E-state index contributed by atoms with van der Waals surface area (Å²) in [6.07, 6.45) is 12.1. The Morgan fingerprint density at radius 1 is 1.05 bits per heavy atom. The number of hydrogen-bond donors (Lipinski definition) is 0. The summed E-state index contributed by atoms with van der Waals surface area (Å²) >= 11 is 0. The minimum Gasteiger partial charge on any atom is -0.120 e. The average Bonchev–Trinajstić information content (AvgIpc) is 2.42. The zero-order chi connectivity index (χ0) is 16.1. The van der Waals surface area contributed by atoms with Crippen LogP contribution in [-0.2, 0) is 0 Å². The van der Waals surface area contributed by atoms with Gasteiger partial charge in [-0.25, -0.2) is 0 Å². The van der Waals surface area contributed by atoms with E-state index in [4.69, 9.17) is 0 Å². The van der Waals surface area contributed by atoms with E-state index in [9.17, 15) is 0 Å². The highest BCUT2D eigenvalue weighted by Crippen LogP contribution is 2.33. The fraction of sp³-hybridized carbons (Fsp3) is 0.800. The van der Waals surface area contributed by atoms with Gasteiger partial charge in [0.15, 0.2) is 0 Å². The Kier molecular flexibility index (Phi) is 14.4. The Bertz CT molecular complexity index is 256. The molecular weight excluding hydrogens is 240 g/mol. The molecule has 0 saturated carbocycles. The summed E-state index contributed by atoms with van der Waals surface area (Å²) in [5, 5.41) is 0. The highest BCUT2D eigenvalue weighted by atomic mass is 14.3. The average molecular weight is 279 g/mol. The fourth-order valence-corrected chi connectivity index (χ4v) is 2.84. The van der Waals surface area contributed by atoms with Crippen molar-refractivity contribution in [2.45, 2.75) is 74.1 Å². The van der Waals surface area contributed by atoms with E-state index < -0.39 is 0 Å². The molecule has 0 aliphatic heterocycles. The normalized spacial score (nSPS) is 16.4. The maximum atomic E-state index is 4.60. The van der Waals surface area contributed by atoms with Gasteiger partial charge in [0.2, 0.25) is 0 Å². The molecule has 0 fully saturated rings. The lowest BCUT2D eigenvalue weighted by atomic mass is 9.75. The van der Waals surface area contributed by atoms with Gasteiger partial charge in [0.25, 0.3) is 0 Å². The summed E-state index contributed by atoms with van der Waals surface area (Å²) in [7, 11) is 0. The Morgan fingerprint density at radius 3 is 1.85 bits per heavy atom. The van der Waals surface area contributed by atoms with Crippen LogP contribution in [0.5, 0.6) is 0 Å². The third-order valence-corrected chi connectivity index (χ3v) is 4.78. The quantitative estimate of drug-likeness (QED) is 0.330. The minimum absolute atomic E-state index is 0.666. The molecule has 4 atom stereocenters. The Hall–Kier alpha value is -0.700. The van der Waals surface area contributed by atoms with Crippen molar-refractivity contribution in [3.05, 3.63) is 12.7 Å². The van der Waals surface area contributed by atoms with Crippen molar-refractivity contribution >= 4 is 0 Å². The molecule has 0 radical (unpaired) electrons. The summed E-state index contributed by atoms with van der Waals surface area (Å²) < 4.78 is 0. The minimum atomic E-state index is 0.666. The summed E-state index contributed by atoms with van der Waals surface area (Å²) in [5.74, 6) is 6.32. The van der Waals surface area contributed by atoms with Crippen LogP contribution in [-0.4, -0.2) is 0 Å². The van der Waals surface area contributed by atoms with Crippen molar-refractivity contribution in [1.82, 2.24) is 0 Å². The maximum Gasteiger partial charge on any atom is -0.00297 e. The number of terminal acetylenes is 1. The standard InChI is InChI=1S/C17H34.C3H4/c1-8-14(6)17(10-3)16(9-2)12-11-15(7)13(4)5;1-3-2/h8,13-17H,1,9-12H2,2-7H3;1H,2H3. The van der Waals surface area contributed by atoms with Gasteiger partial charge < -0.3 is 0 Å². The first kappa shape index (κ1) is 21.6. The van der Waals surface area contributed by atoms with Crippen molar-refractivity contribution in [3.63, 3.8) is 0 Å². The van der Waals surface area contributed by atoms with E-state index in [1.165, 1.54) is 25.7 Å². The highest BCUT2D eigenvalue weighted by molar-refractivity contribution is 4.84. The number of rotatable bonds is 9. The first-order valence-corrected chi connectivity index (χ1v) is 8.39. The van der Waals surface area contributed by atoms with E-state index >= 15 is 0 Å². The predicted molar refractivity (Wildman–Crippen MR) is 94.7 cm³/mol. The molecule has 0 aromatic rings. The van der Waals surface area contributed by atoms with Crippen LogP contribution in [0.3, 0.4) is 0 Å². The van der Waals surface area contributed by atoms with Gasteiger partial charge in [-0.15, -0.1) is 18.9 Å². The highest BCUT2D eigenvalue weighted by Gasteiger charge is 2.23.